The molecule has 0 aliphatic carbocycles. The van der Waals surface area contributed by atoms with Gasteiger partial charge in [-0.15, -0.1) is 0 Å². The van der Waals surface area contributed by atoms with Crippen LogP contribution in [0.2, 0.25) is 0 Å². The molecule has 1 aromatic rings. The molecular formula is C17H29NO3. The predicted molar refractivity (Wildman–Crippen MR) is 85.7 cm³/mol. The minimum absolute atomic E-state index is 0.0694. The highest BCUT2D eigenvalue weighted by molar-refractivity contribution is 5.39. The summed E-state index contributed by atoms with van der Waals surface area (Å²) in [6.07, 6.45) is 0.877. The maximum absolute atomic E-state index is 6.25. The van der Waals surface area contributed by atoms with Crippen LogP contribution in [-0.4, -0.2) is 40.1 Å². The van der Waals surface area contributed by atoms with Gasteiger partial charge in [0.05, 0.1) is 25.9 Å². The molecule has 0 spiro atoms. The topological polar surface area (TPSA) is 53.7 Å². The molecule has 0 aliphatic heterocycles. The fourth-order valence-corrected chi connectivity index (χ4v) is 2.58. The Hall–Kier alpha value is -0.940. The van der Waals surface area contributed by atoms with Gasteiger partial charge in [-0.1, -0.05) is 17.7 Å². The van der Waals surface area contributed by atoms with Gasteiger partial charge in [-0.25, -0.2) is 0 Å². The summed E-state index contributed by atoms with van der Waals surface area (Å²) in [7, 11) is 1.67. The van der Waals surface area contributed by atoms with Crippen molar-refractivity contribution in [3.8, 4) is 0 Å². The fraction of sp³-hybridized carbons (Fsp3) is 0.647. The van der Waals surface area contributed by atoms with Crippen molar-refractivity contribution in [2.24, 2.45) is 5.73 Å². The van der Waals surface area contributed by atoms with Crippen molar-refractivity contribution in [1.29, 1.82) is 0 Å². The van der Waals surface area contributed by atoms with E-state index in [1.807, 2.05) is 0 Å². The Morgan fingerprint density at radius 1 is 0.952 bits per heavy atom. The van der Waals surface area contributed by atoms with E-state index in [0.717, 1.165) is 6.42 Å². The molecule has 1 aromatic carbocycles. The van der Waals surface area contributed by atoms with E-state index in [0.29, 0.717) is 33.0 Å². The summed E-state index contributed by atoms with van der Waals surface area (Å²) in [5.41, 5.74) is 11.2. The molecule has 4 nitrogen and oxygen atoms in total. The Bertz CT molecular complexity index is 397. The van der Waals surface area contributed by atoms with Crippen LogP contribution in [0.3, 0.4) is 0 Å². The first-order chi connectivity index (χ1) is 10.1. The van der Waals surface area contributed by atoms with Gasteiger partial charge in [0.25, 0.3) is 0 Å². The van der Waals surface area contributed by atoms with Gasteiger partial charge in [-0.2, -0.15) is 0 Å². The molecule has 0 amide bonds. The van der Waals surface area contributed by atoms with Gasteiger partial charge in [0.1, 0.15) is 0 Å². The second-order valence-electron chi connectivity index (χ2n) is 5.45. The molecular weight excluding hydrogens is 266 g/mol. The number of rotatable bonds is 10. The first-order valence-corrected chi connectivity index (χ1v) is 7.54. The summed E-state index contributed by atoms with van der Waals surface area (Å²) >= 11 is 0. The van der Waals surface area contributed by atoms with Crippen molar-refractivity contribution in [2.45, 2.75) is 33.2 Å². The van der Waals surface area contributed by atoms with Crippen molar-refractivity contribution in [2.75, 3.05) is 40.1 Å². The normalized spacial score (nSPS) is 12.6. The van der Waals surface area contributed by atoms with Gasteiger partial charge in [0.15, 0.2) is 0 Å². The lowest BCUT2D eigenvalue weighted by molar-refractivity contribution is 0.0491. The van der Waals surface area contributed by atoms with Crippen LogP contribution in [0.5, 0.6) is 0 Å². The predicted octanol–water partition coefficient (Wildman–Crippen LogP) is 2.68. The first kappa shape index (κ1) is 18.1. The molecule has 1 atom stereocenters. The van der Waals surface area contributed by atoms with Crippen molar-refractivity contribution in [1.82, 2.24) is 0 Å². The van der Waals surface area contributed by atoms with E-state index in [1.165, 1.54) is 22.3 Å². The van der Waals surface area contributed by atoms with Crippen LogP contribution in [0.15, 0.2) is 12.1 Å². The lowest BCUT2D eigenvalue weighted by Gasteiger charge is -2.18. The van der Waals surface area contributed by atoms with Crippen LogP contribution in [0.4, 0.5) is 0 Å². The van der Waals surface area contributed by atoms with E-state index in [-0.39, 0.29) is 6.04 Å². The molecule has 21 heavy (non-hydrogen) atoms. The maximum atomic E-state index is 6.25. The Morgan fingerprint density at radius 3 is 2.19 bits per heavy atom. The molecule has 0 saturated heterocycles. The van der Waals surface area contributed by atoms with Crippen LogP contribution in [-0.2, 0) is 14.2 Å². The molecule has 1 rings (SSSR count). The standard InChI is InChI=1S/C17H29NO3/c1-13-10-14(2)17(15(3)11-13)16(18)12-21-7-5-6-20-9-8-19-4/h10-11,16H,5-9,12,18H2,1-4H3. The quantitative estimate of drug-likeness (QED) is 0.674. The zero-order valence-corrected chi connectivity index (χ0v) is 13.8. The Labute approximate surface area is 128 Å². The van der Waals surface area contributed by atoms with E-state index in [4.69, 9.17) is 19.9 Å². The zero-order chi connectivity index (χ0) is 15.7. The third-order valence-corrected chi connectivity index (χ3v) is 3.42. The van der Waals surface area contributed by atoms with E-state index in [9.17, 15) is 0 Å². The van der Waals surface area contributed by atoms with Gasteiger partial charge < -0.3 is 19.9 Å². The molecule has 0 radical (unpaired) electrons. The van der Waals surface area contributed by atoms with Crippen LogP contribution in [0.25, 0.3) is 0 Å². The number of methoxy groups -OCH3 is 1. The second-order valence-corrected chi connectivity index (χ2v) is 5.45. The van der Waals surface area contributed by atoms with Crippen LogP contribution < -0.4 is 5.73 Å². The number of benzene rings is 1. The zero-order valence-electron chi connectivity index (χ0n) is 13.8. The maximum Gasteiger partial charge on any atom is 0.0700 e. The Morgan fingerprint density at radius 2 is 1.57 bits per heavy atom. The van der Waals surface area contributed by atoms with Gasteiger partial charge >= 0.3 is 0 Å². The molecule has 0 bridgehead atoms. The molecule has 0 fully saturated rings. The highest BCUT2D eigenvalue weighted by Gasteiger charge is 2.12. The van der Waals surface area contributed by atoms with E-state index >= 15 is 0 Å². The van der Waals surface area contributed by atoms with E-state index in [2.05, 4.69) is 32.9 Å². The van der Waals surface area contributed by atoms with E-state index < -0.39 is 0 Å². The molecule has 4 heteroatoms. The summed E-state index contributed by atoms with van der Waals surface area (Å²) in [6, 6.07) is 4.28. The summed E-state index contributed by atoms with van der Waals surface area (Å²) in [6.45, 7) is 9.51. The van der Waals surface area contributed by atoms with Crippen LogP contribution in [0, 0.1) is 20.8 Å². The van der Waals surface area contributed by atoms with Gasteiger partial charge in [0.2, 0.25) is 0 Å². The second kappa shape index (κ2) is 9.90. The minimum atomic E-state index is -0.0694. The number of hydrogen-bond acceptors (Lipinski definition) is 4. The lowest BCUT2D eigenvalue weighted by atomic mass is 9.95. The van der Waals surface area contributed by atoms with Crippen LogP contribution >= 0.6 is 0 Å². The third-order valence-electron chi connectivity index (χ3n) is 3.42. The molecule has 0 saturated carbocycles. The number of ether oxygens (including phenoxy) is 3. The van der Waals surface area contributed by atoms with Crippen molar-refractivity contribution in [3.05, 3.63) is 34.4 Å². The minimum Gasteiger partial charge on any atom is -0.382 e. The molecule has 0 heterocycles. The van der Waals surface area contributed by atoms with Crippen molar-refractivity contribution in [3.63, 3.8) is 0 Å². The first-order valence-electron chi connectivity index (χ1n) is 7.54. The number of nitrogens with two attached hydrogens (primary N) is 1. The van der Waals surface area contributed by atoms with E-state index in [1.54, 1.807) is 7.11 Å². The monoisotopic (exact) mass is 295 g/mol. The number of hydrogen-bond donors (Lipinski definition) is 1. The summed E-state index contributed by atoms with van der Waals surface area (Å²) < 4.78 is 15.9. The Kier molecular flexibility index (Phi) is 8.54. The van der Waals surface area contributed by atoms with Gasteiger partial charge in [-0.05, 0) is 43.9 Å². The smallest absolute Gasteiger partial charge is 0.0700 e. The molecule has 1 unspecified atom stereocenters. The average Bonchev–Trinajstić information content (AvgIpc) is 2.40. The van der Waals surface area contributed by atoms with Crippen molar-refractivity contribution < 1.29 is 14.2 Å². The lowest BCUT2D eigenvalue weighted by Crippen LogP contribution is -2.20. The van der Waals surface area contributed by atoms with Gasteiger partial charge in [-0.3, -0.25) is 0 Å². The highest BCUT2D eigenvalue weighted by atomic mass is 16.5. The molecule has 0 aromatic heterocycles. The summed E-state index contributed by atoms with van der Waals surface area (Å²) in [4.78, 5) is 0. The average molecular weight is 295 g/mol. The summed E-state index contributed by atoms with van der Waals surface area (Å²) in [5, 5.41) is 0. The SMILES string of the molecule is COCCOCCCOCC(N)c1c(C)cc(C)cc1C. The Balaban J connectivity index is 2.27. The summed E-state index contributed by atoms with van der Waals surface area (Å²) in [5.74, 6) is 0. The molecule has 120 valence electrons. The third kappa shape index (κ3) is 6.57. The molecule has 0 aliphatic rings. The van der Waals surface area contributed by atoms with Crippen LogP contribution in [0.1, 0.15) is 34.7 Å². The highest BCUT2D eigenvalue weighted by Crippen LogP contribution is 2.22. The largest absolute Gasteiger partial charge is 0.382 e. The number of aryl methyl sites for hydroxylation is 3. The fourth-order valence-electron chi connectivity index (χ4n) is 2.58. The van der Waals surface area contributed by atoms with Crippen molar-refractivity contribution >= 4 is 0 Å². The van der Waals surface area contributed by atoms with Gasteiger partial charge in [0, 0.05) is 20.3 Å². The molecule has 2 N–H and O–H groups in total.